The largest absolute Gasteiger partial charge is 0.293 e. The van der Waals surface area contributed by atoms with Gasteiger partial charge in [-0.25, -0.2) is 9.97 Å². The molecule has 92 valence electrons. The highest BCUT2D eigenvalue weighted by Gasteiger charge is 2.07. The number of thioether (sulfide) groups is 1. The zero-order valence-electron chi connectivity index (χ0n) is 9.76. The fraction of sp³-hybridized carbons (Fsp3) is 0.154. The number of aromatic nitrogens is 2. The summed E-state index contributed by atoms with van der Waals surface area (Å²) in [4.78, 5) is 20.1. The predicted octanol–water partition coefficient (Wildman–Crippen LogP) is 3.41. The first kappa shape index (κ1) is 13.1. The van der Waals surface area contributed by atoms with Crippen molar-refractivity contribution in [1.29, 1.82) is 0 Å². The molecular weight excluding hydrogens is 268 g/mol. The van der Waals surface area contributed by atoms with Gasteiger partial charge in [-0.05, 0) is 36.8 Å². The number of carbonyl (C=O) groups is 1. The monoisotopic (exact) mass is 278 g/mol. The summed E-state index contributed by atoms with van der Waals surface area (Å²) in [5.74, 6) is 0.367. The molecule has 0 fully saturated rings. The van der Waals surface area contributed by atoms with E-state index in [0.717, 1.165) is 5.56 Å². The Hall–Kier alpha value is -1.39. The van der Waals surface area contributed by atoms with Gasteiger partial charge in [0.25, 0.3) is 0 Å². The minimum atomic E-state index is 0.0424. The number of benzene rings is 1. The summed E-state index contributed by atoms with van der Waals surface area (Å²) >= 11 is 7.10. The molecule has 1 aromatic heterocycles. The fourth-order valence-electron chi connectivity index (χ4n) is 1.30. The van der Waals surface area contributed by atoms with Crippen LogP contribution in [-0.2, 0) is 0 Å². The lowest BCUT2D eigenvalue weighted by molar-refractivity contribution is 0.102. The summed E-state index contributed by atoms with van der Waals surface area (Å²) in [5.41, 5.74) is 1.65. The van der Waals surface area contributed by atoms with Crippen LogP contribution in [0.5, 0.6) is 0 Å². The molecule has 0 aliphatic carbocycles. The third-order valence-electron chi connectivity index (χ3n) is 2.26. The maximum Gasteiger partial charge on any atom is 0.187 e. The quantitative estimate of drug-likeness (QED) is 0.488. The van der Waals surface area contributed by atoms with Crippen molar-refractivity contribution in [1.82, 2.24) is 9.97 Å². The summed E-state index contributed by atoms with van der Waals surface area (Å²) in [6.45, 7) is 1.92. The van der Waals surface area contributed by atoms with Crippen LogP contribution in [0.2, 0.25) is 5.02 Å². The van der Waals surface area contributed by atoms with Crippen molar-refractivity contribution in [3.63, 3.8) is 0 Å². The van der Waals surface area contributed by atoms with Crippen LogP contribution >= 0.6 is 23.4 Å². The molecule has 2 rings (SSSR count). The van der Waals surface area contributed by atoms with Crippen molar-refractivity contribution < 1.29 is 4.79 Å². The second-order valence-electron chi connectivity index (χ2n) is 3.76. The number of nitrogens with zero attached hydrogens (tertiary/aromatic N) is 2. The van der Waals surface area contributed by atoms with Gasteiger partial charge < -0.3 is 0 Å². The number of halogens is 1. The van der Waals surface area contributed by atoms with Crippen LogP contribution in [-0.4, -0.2) is 21.5 Å². The van der Waals surface area contributed by atoms with Gasteiger partial charge in [-0.2, -0.15) is 0 Å². The highest BCUT2D eigenvalue weighted by Crippen LogP contribution is 2.16. The lowest BCUT2D eigenvalue weighted by Crippen LogP contribution is -2.02. The molecule has 0 radical (unpaired) electrons. The zero-order chi connectivity index (χ0) is 13.0. The van der Waals surface area contributed by atoms with E-state index in [1.807, 2.05) is 6.92 Å². The molecule has 5 heteroatoms. The van der Waals surface area contributed by atoms with Crippen molar-refractivity contribution in [2.75, 3.05) is 5.75 Å². The van der Waals surface area contributed by atoms with Crippen molar-refractivity contribution in [3.05, 3.63) is 52.8 Å². The molecular formula is C13H11ClN2OS. The van der Waals surface area contributed by atoms with E-state index in [0.29, 0.717) is 21.5 Å². The van der Waals surface area contributed by atoms with Gasteiger partial charge in [-0.15, -0.1) is 0 Å². The van der Waals surface area contributed by atoms with Crippen molar-refractivity contribution >= 4 is 29.1 Å². The van der Waals surface area contributed by atoms with E-state index in [9.17, 15) is 4.79 Å². The average Bonchev–Trinajstić information content (AvgIpc) is 2.38. The van der Waals surface area contributed by atoms with Crippen molar-refractivity contribution in [2.45, 2.75) is 12.1 Å². The molecule has 3 nitrogen and oxygen atoms in total. The Balaban J connectivity index is 1.96. The number of rotatable bonds is 4. The third kappa shape index (κ3) is 3.55. The number of ketones is 1. The van der Waals surface area contributed by atoms with Crippen LogP contribution in [0.15, 0.2) is 41.8 Å². The molecule has 0 amide bonds. The Morgan fingerprint density at radius 1 is 1.22 bits per heavy atom. The molecule has 0 unspecified atom stereocenters. The lowest BCUT2D eigenvalue weighted by Gasteiger charge is -2.01. The van der Waals surface area contributed by atoms with Gasteiger partial charge in [0.1, 0.15) is 0 Å². The van der Waals surface area contributed by atoms with Crippen LogP contribution < -0.4 is 0 Å². The van der Waals surface area contributed by atoms with E-state index in [1.54, 1.807) is 36.7 Å². The average molecular weight is 279 g/mol. The SMILES string of the molecule is Cc1cnc(SCC(=O)c2ccc(Cl)cc2)nc1. The molecule has 1 aromatic carbocycles. The van der Waals surface area contributed by atoms with E-state index in [2.05, 4.69) is 9.97 Å². The van der Waals surface area contributed by atoms with E-state index in [-0.39, 0.29) is 5.78 Å². The smallest absolute Gasteiger partial charge is 0.187 e. The second kappa shape index (κ2) is 5.98. The second-order valence-corrected chi connectivity index (χ2v) is 5.14. The van der Waals surface area contributed by atoms with Gasteiger partial charge in [0, 0.05) is 23.0 Å². The Morgan fingerprint density at radius 2 is 1.83 bits per heavy atom. The Kier molecular flexibility index (Phi) is 4.33. The maximum absolute atomic E-state index is 11.9. The van der Waals surface area contributed by atoms with Gasteiger partial charge in [-0.3, -0.25) is 4.79 Å². The summed E-state index contributed by atoms with van der Waals surface area (Å²) in [6, 6.07) is 6.87. The van der Waals surface area contributed by atoms with Crippen LogP contribution in [0.1, 0.15) is 15.9 Å². The van der Waals surface area contributed by atoms with Gasteiger partial charge >= 0.3 is 0 Å². The Labute approximate surface area is 115 Å². The van der Waals surface area contributed by atoms with E-state index in [1.165, 1.54) is 11.8 Å². The minimum Gasteiger partial charge on any atom is -0.293 e. The summed E-state index contributed by atoms with van der Waals surface area (Å²) in [6.07, 6.45) is 3.48. The topological polar surface area (TPSA) is 42.9 Å². The molecule has 0 N–H and O–H groups in total. The molecule has 0 bridgehead atoms. The first-order valence-electron chi connectivity index (χ1n) is 5.35. The van der Waals surface area contributed by atoms with Gasteiger partial charge in [0.2, 0.25) is 0 Å². The Bertz CT molecular complexity index is 540. The molecule has 1 heterocycles. The number of carbonyl (C=O) groups excluding carboxylic acids is 1. The number of hydrogen-bond acceptors (Lipinski definition) is 4. The van der Waals surface area contributed by atoms with Crippen LogP contribution in [0.3, 0.4) is 0 Å². The first-order chi connectivity index (χ1) is 8.65. The lowest BCUT2D eigenvalue weighted by atomic mass is 10.1. The predicted molar refractivity (Wildman–Crippen MR) is 73.3 cm³/mol. The summed E-state index contributed by atoms with van der Waals surface area (Å²) in [7, 11) is 0. The number of aryl methyl sites for hydroxylation is 1. The van der Waals surface area contributed by atoms with Crippen LogP contribution in [0.4, 0.5) is 0 Å². The van der Waals surface area contributed by atoms with Crippen molar-refractivity contribution in [2.24, 2.45) is 0 Å². The highest BCUT2D eigenvalue weighted by atomic mass is 35.5. The standard InChI is InChI=1S/C13H11ClN2OS/c1-9-6-15-13(16-7-9)18-8-12(17)10-2-4-11(14)5-3-10/h2-7H,8H2,1H3. The summed E-state index contributed by atoms with van der Waals surface area (Å²) < 4.78 is 0. The molecule has 2 aromatic rings. The van der Waals surface area contributed by atoms with Crippen molar-refractivity contribution in [3.8, 4) is 0 Å². The molecule has 0 spiro atoms. The van der Waals surface area contributed by atoms with Gasteiger partial charge in [0.05, 0.1) is 5.75 Å². The highest BCUT2D eigenvalue weighted by molar-refractivity contribution is 7.99. The van der Waals surface area contributed by atoms with Crippen LogP contribution in [0.25, 0.3) is 0 Å². The minimum absolute atomic E-state index is 0.0424. The van der Waals surface area contributed by atoms with Gasteiger partial charge in [0.15, 0.2) is 10.9 Å². The molecule has 0 saturated heterocycles. The molecule has 0 aliphatic heterocycles. The number of Topliss-reactive ketones (excluding diaryl/α,β-unsaturated/α-hetero) is 1. The van der Waals surface area contributed by atoms with E-state index >= 15 is 0 Å². The normalized spacial score (nSPS) is 10.3. The maximum atomic E-state index is 11.9. The first-order valence-corrected chi connectivity index (χ1v) is 6.72. The van der Waals surface area contributed by atoms with E-state index < -0.39 is 0 Å². The zero-order valence-corrected chi connectivity index (χ0v) is 11.3. The number of hydrogen-bond donors (Lipinski definition) is 0. The molecule has 0 atom stereocenters. The summed E-state index contributed by atoms with van der Waals surface area (Å²) in [5, 5.41) is 1.24. The molecule has 0 saturated carbocycles. The van der Waals surface area contributed by atoms with Crippen LogP contribution in [0, 0.1) is 6.92 Å². The fourth-order valence-corrected chi connectivity index (χ4v) is 2.11. The molecule has 18 heavy (non-hydrogen) atoms. The third-order valence-corrected chi connectivity index (χ3v) is 3.38. The van der Waals surface area contributed by atoms with Gasteiger partial charge in [-0.1, -0.05) is 23.4 Å². The molecule has 0 aliphatic rings. The van der Waals surface area contributed by atoms with E-state index in [4.69, 9.17) is 11.6 Å². The Morgan fingerprint density at radius 3 is 2.44 bits per heavy atom.